The van der Waals surface area contributed by atoms with Gasteiger partial charge in [-0.3, -0.25) is 14.6 Å². The van der Waals surface area contributed by atoms with Crippen molar-refractivity contribution in [1.29, 1.82) is 0 Å². The third-order valence-electron chi connectivity index (χ3n) is 5.08. The lowest BCUT2D eigenvalue weighted by molar-refractivity contribution is 0.0755. The standard InChI is InChI=1S/C21H22N6O2S/c1-30-17-5-3-2-4-16(17)21(29)26-11-8-18-24-25-19(27(18)13-12-26)14-23-20(28)15-6-9-22-10-7-15/h2-7,9-10H,8,11-14H2,1H3,(H,23,28). The molecule has 0 unspecified atom stereocenters. The SMILES string of the molecule is CSc1ccccc1C(=O)N1CCc2nnc(CNC(=O)c3ccncc3)n2CC1. The fraction of sp³-hybridized carbons (Fsp3) is 0.286. The summed E-state index contributed by atoms with van der Waals surface area (Å²) in [4.78, 5) is 32.1. The molecule has 1 aliphatic heterocycles. The molecular weight excluding hydrogens is 400 g/mol. The number of amides is 2. The first-order chi connectivity index (χ1) is 14.7. The second-order valence-electron chi connectivity index (χ2n) is 6.85. The Labute approximate surface area is 178 Å². The first kappa shape index (κ1) is 20.1. The molecule has 0 fully saturated rings. The number of aromatic nitrogens is 4. The minimum atomic E-state index is -0.186. The molecule has 154 valence electrons. The normalized spacial score (nSPS) is 13.4. The summed E-state index contributed by atoms with van der Waals surface area (Å²) in [6.45, 7) is 2.02. The second kappa shape index (κ2) is 9.08. The topological polar surface area (TPSA) is 93.0 Å². The zero-order valence-electron chi connectivity index (χ0n) is 16.6. The molecule has 0 spiro atoms. The Hall–Kier alpha value is -3.20. The second-order valence-corrected chi connectivity index (χ2v) is 7.69. The first-order valence-electron chi connectivity index (χ1n) is 9.69. The van der Waals surface area contributed by atoms with Crippen LogP contribution in [0.2, 0.25) is 0 Å². The molecule has 1 aliphatic rings. The molecule has 8 nitrogen and oxygen atoms in total. The maximum Gasteiger partial charge on any atom is 0.255 e. The fourth-order valence-electron chi connectivity index (χ4n) is 3.47. The highest BCUT2D eigenvalue weighted by atomic mass is 32.2. The molecule has 0 atom stereocenters. The van der Waals surface area contributed by atoms with Crippen molar-refractivity contribution >= 4 is 23.6 Å². The van der Waals surface area contributed by atoms with Crippen molar-refractivity contribution in [2.45, 2.75) is 24.4 Å². The number of hydrogen-bond donors (Lipinski definition) is 1. The van der Waals surface area contributed by atoms with Gasteiger partial charge in [-0.1, -0.05) is 12.1 Å². The fourth-order valence-corrected chi connectivity index (χ4v) is 4.06. The molecule has 1 aromatic carbocycles. The van der Waals surface area contributed by atoms with Crippen LogP contribution in [0.25, 0.3) is 0 Å². The van der Waals surface area contributed by atoms with E-state index in [4.69, 9.17) is 0 Å². The van der Waals surface area contributed by atoms with E-state index >= 15 is 0 Å². The average molecular weight is 423 g/mol. The number of carbonyl (C=O) groups excluding carboxylic acids is 2. The van der Waals surface area contributed by atoms with Crippen LogP contribution in [0.1, 0.15) is 32.4 Å². The molecule has 1 N–H and O–H groups in total. The van der Waals surface area contributed by atoms with Gasteiger partial charge in [0.25, 0.3) is 11.8 Å². The third-order valence-corrected chi connectivity index (χ3v) is 5.87. The summed E-state index contributed by atoms with van der Waals surface area (Å²) in [6.07, 6.45) is 5.76. The molecule has 4 rings (SSSR count). The number of hydrogen-bond acceptors (Lipinski definition) is 6. The quantitative estimate of drug-likeness (QED) is 0.633. The molecule has 0 radical (unpaired) electrons. The molecule has 9 heteroatoms. The summed E-state index contributed by atoms with van der Waals surface area (Å²) >= 11 is 1.57. The van der Waals surface area contributed by atoms with Gasteiger partial charge >= 0.3 is 0 Å². The van der Waals surface area contributed by atoms with Crippen LogP contribution in [0, 0.1) is 0 Å². The largest absolute Gasteiger partial charge is 0.345 e. The summed E-state index contributed by atoms with van der Waals surface area (Å²) in [7, 11) is 0. The van der Waals surface area contributed by atoms with E-state index in [0.29, 0.717) is 37.4 Å². The summed E-state index contributed by atoms with van der Waals surface area (Å²) in [5, 5.41) is 11.4. The predicted molar refractivity (Wildman–Crippen MR) is 113 cm³/mol. The Bertz CT molecular complexity index is 1050. The number of rotatable bonds is 5. The van der Waals surface area contributed by atoms with E-state index in [1.165, 1.54) is 0 Å². The Morgan fingerprint density at radius 2 is 1.87 bits per heavy atom. The van der Waals surface area contributed by atoms with Gasteiger partial charge in [0.15, 0.2) is 5.82 Å². The monoisotopic (exact) mass is 422 g/mol. The van der Waals surface area contributed by atoms with Crippen LogP contribution >= 0.6 is 11.8 Å². The van der Waals surface area contributed by atoms with Crippen LogP contribution in [0.5, 0.6) is 0 Å². The van der Waals surface area contributed by atoms with E-state index in [9.17, 15) is 9.59 Å². The molecule has 3 heterocycles. The van der Waals surface area contributed by atoms with Crippen LogP contribution in [-0.2, 0) is 19.5 Å². The molecule has 0 bridgehead atoms. The molecule has 2 aromatic heterocycles. The van der Waals surface area contributed by atoms with Crippen molar-refractivity contribution in [3.8, 4) is 0 Å². The van der Waals surface area contributed by atoms with Gasteiger partial charge in [0, 0.05) is 48.9 Å². The third kappa shape index (κ3) is 4.20. The van der Waals surface area contributed by atoms with E-state index < -0.39 is 0 Å². The van der Waals surface area contributed by atoms with Gasteiger partial charge in [-0.05, 0) is 30.5 Å². The number of benzene rings is 1. The minimum absolute atomic E-state index is 0.0335. The van der Waals surface area contributed by atoms with Crippen LogP contribution in [0.15, 0.2) is 53.7 Å². The maximum atomic E-state index is 13.1. The van der Waals surface area contributed by atoms with E-state index in [1.807, 2.05) is 40.0 Å². The van der Waals surface area contributed by atoms with Crippen LogP contribution in [-0.4, -0.2) is 55.8 Å². The molecular formula is C21H22N6O2S. The molecule has 3 aromatic rings. The number of nitrogens with one attached hydrogen (secondary N) is 1. The van der Waals surface area contributed by atoms with Crippen molar-refractivity contribution in [2.24, 2.45) is 0 Å². The first-order valence-corrected chi connectivity index (χ1v) is 10.9. The molecule has 0 saturated carbocycles. The molecule has 2 amide bonds. The summed E-state index contributed by atoms with van der Waals surface area (Å²) in [5.74, 6) is 1.36. The van der Waals surface area contributed by atoms with Crippen molar-refractivity contribution < 1.29 is 9.59 Å². The number of nitrogens with zero attached hydrogens (tertiary/aromatic N) is 5. The highest BCUT2D eigenvalue weighted by Gasteiger charge is 2.24. The number of carbonyl (C=O) groups is 2. The highest BCUT2D eigenvalue weighted by Crippen LogP contribution is 2.22. The van der Waals surface area contributed by atoms with Crippen LogP contribution < -0.4 is 5.32 Å². The van der Waals surface area contributed by atoms with Gasteiger partial charge in [-0.15, -0.1) is 22.0 Å². The Balaban J connectivity index is 1.43. The lowest BCUT2D eigenvalue weighted by Gasteiger charge is -2.21. The highest BCUT2D eigenvalue weighted by molar-refractivity contribution is 7.98. The zero-order valence-corrected chi connectivity index (χ0v) is 17.4. The van der Waals surface area contributed by atoms with Gasteiger partial charge < -0.3 is 14.8 Å². The van der Waals surface area contributed by atoms with E-state index in [-0.39, 0.29) is 18.4 Å². The lowest BCUT2D eigenvalue weighted by Crippen LogP contribution is -2.34. The van der Waals surface area contributed by atoms with Crippen molar-refractivity contribution in [2.75, 3.05) is 19.3 Å². The van der Waals surface area contributed by atoms with Crippen molar-refractivity contribution in [3.63, 3.8) is 0 Å². The smallest absolute Gasteiger partial charge is 0.255 e. The van der Waals surface area contributed by atoms with Crippen LogP contribution in [0.4, 0.5) is 0 Å². The maximum absolute atomic E-state index is 13.1. The number of pyridine rings is 1. The van der Waals surface area contributed by atoms with Crippen molar-refractivity contribution in [1.82, 2.24) is 30.0 Å². The number of thioether (sulfide) groups is 1. The Morgan fingerprint density at radius 3 is 2.67 bits per heavy atom. The van der Waals surface area contributed by atoms with Gasteiger partial charge in [0.05, 0.1) is 12.1 Å². The van der Waals surface area contributed by atoms with E-state index in [2.05, 4.69) is 20.5 Å². The summed E-state index contributed by atoms with van der Waals surface area (Å²) in [5.41, 5.74) is 1.28. The van der Waals surface area contributed by atoms with Gasteiger partial charge in [-0.25, -0.2) is 0 Å². The van der Waals surface area contributed by atoms with E-state index in [0.717, 1.165) is 16.3 Å². The summed E-state index contributed by atoms with van der Waals surface area (Å²) in [6, 6.07) is 11.0. The zero-order chi connectivity index (χ0) is 20.9. The molecule has 0 aliphatic carbocycles. The predicted octanol–water partition coefficient (Wildman–Crippen LogP) is 2.02. The summed E-state index contributed by atoms with van der Waals surface area (Å²) < 4.78 is 2.00. The number of fused-ring (bicyclic) bond motifs is 1. The minimum Gasteiger partial charge on any atom is -0.345 e. The van der Waals surface area contributed by atoms with Gasteiger partial charge in [-0.2, -0.15) is 0 Å². The van der Waals surface area contributed by atoms with Gasteiger partial charge in [0.1, 0.15) is 5.82 Å². The lowest BCUT2D eigenvalue weighted by atomic mass is 10.2. The molecule has 0 saturated heterocycles. The molecule has 30 heavy (non-hydrogen) atoms. The Kier molecular flexibility index (Phi) is 6.08. The van der Waals surface area contributed by atoms with Gasteiger partial charge in [0.2, 0.25) is 0 Å². The van der Waals surface area contributed by atoms with Crippen LogP contribution in [0.3, 0.4) is 0 Å². The van der Waals surface area contributed by atoms with Crippen molar-refractivity contribution in [3.05, 3.63) is 71.6 Å². The average Bonchev–Trinajstić information content (AvgIpc) is 3.06. The van der Waals surface area contributed by atoms with E-state index in [1.54, 1.807) is 36.3 Å². The Morgan fingerprint density at radius 1 is 1.07 bits per heavy atom.